The van der Waals surface area contributed by atoms with Crippen LogP contribution in [0.4, 0.5) is 11.4 Å². The predicted octanol–water partition coefficient (Wildman–Crippen LogP) is 3.95. The minimum Gasteiger partial charge on any atom is -0.380 e. The normalized spacial score (nSPS) is 10.8. The first kappa shape index (κ1) is 17.9. The van der Waals surface area contributed by atoms with E-state index in [0.717, 1.165) is 16.9 Å². The lowest BCUT2D eigenvalue weighted by Gasteiger charge is -2.10. The maximum atomic E-state index is 12.5. The molecule has 2 aromatic heterocycles. The standard InChI is InChI=1S/C20H17ClN6O/c1-13-9-10-22-20-25-18(26-27(13)20)19(28)24-15-7-8-17(16(21)11-15)23-12-14-5-3-2-4-6-14/h2-11,23H,12H2,1H3,(H,24,28). The molecule has 0 atom stereocenters. The largest absolute Gasteiger partial charge is 0.380 e. The molecule has 0 bridgehead atoms. The third-order valence-electron chi connectivity index (χ3n) is 4.19. The van der Waals surface area contributed by atoms with Crippen molar-refractivity contribution in [2.24, 2.45) is 0 Å². The monoisotopic (exact) mass is 392 g/mol. The minimum absolute atomic E-state index is 0.0456. The van der Waals surface area contributed by atoms with Gasteiger partial charge in [0.15, 0.2) is 0 Å². The molecular formula is C20H17ClN6O. The molecule has 0 unspecified atom stereocenters. The first-order valence-corrected chi connectivity index (χ1v) is 9.05. The Kier molecular flexibility index (Phi) is 4.90. The summed E-state index contributed by atoms with van der Waals surface area (Å²) in [4.78, 5) is 20.7. The Morgan fingerprint density at radius 2 is 1.96 bits per heavy atom. The number of fused-ring (bicyclic) bond motifs is 1. The van der Waals surface area contributed by atoms with Crippen LogP contribution in [0.2, 0.25) is 5.02 Å². The van der Waals surface area contributed by atoms with Gasteiger partial charge in [-0.3, -0.25) is 4.79 Å². The van der Waals surface area contributed by atoms with Gasteiger partial charge in [0.1, 0.15) is 0 Å². The van der Waals surface area contributed by atoms with Crippen molar-refractivity contribution in [1.29, 1.82) is 0 Å². The van der Waals surface area contributed by atoms with Gasteiger partial charge in [-0.1, -0.05) is 41.9 Å². The zero-order chi connectivity index (χ0) is 19.5. The van der Waals surface area contributed by atoms with Gasteiger partial charge in [0.2, 0.25) is 5.82 Å². The van der Waals surface area contributed by atoms with Crippen LogP contribution in [-0.4, -0.2) is 25.5 Å². The molecule has 2 N–H and O–H groups in total. The second kappa shape index (κ2) is 7.66. The highest BCUT2D eigenvalue weighted by Gasteiger charge is 2.15. The summed E-state index contributed by atoms with van der Waals surface area (Å²) in [6, 6.07) is 17.1. The number of anilines is 2. The summed E-state index contributed by atoms with van der Waals surface area (Å²) in [7, 11) is 0. The van der Waals surface area contributed by atoms with Crippen LogP contribution in [0.5, 0.6) is 0 Å². The molecule has 0 saturated carbocycles. The molecule has 0 aliphatic rings. The van der Waals surface area contributed by atoms with Crippen molar-refractivity contribution in [2.75, 3.05) is 10.6 Å². The van der Waals surface area contributed by atoms with Gasteiger partial charge in [-0.2, -0.15) is 4.98 Å². The van der Waals surface area contributed by atoms with Crippen molar-refractivity contribution in [3.05, 3.63) is 82.9 Å². The fourth-order valence-corrected chi connectivity index (χ4v) is 2.97. The Bertz CT molecular complexity index is 1140. The van der Waals surface area contributed by atoms with E-state index in [9.17, 15) is 4.79 Å². The maximum absolute atomic E-state index is 12.5. The number of carbonyl (C=O) groups is 1. The molecule has 0 spiro atoms. The van der Waals surface area contributed by atoms with Crippen molar-refractivity contribution in [2.45, 2.75) is 13.5 Å². The molecule has 0 aliphatic carbocycles. The van der Waals surface area contributed by atoms with Crippen LogP contribution in [0.25, 0.3) is 5.78 Å². The predicted molar refractivity (Wildman–Crippen MR) is 109 cm³/mol. The lowest BCUT2D eigenvalue weighted by Crippen LogP contribution is -2.14. The molecular weight excluding hydrogens is 376 g/mol. The average Bonchev–Trinajstić information content (AvgIpc) is 3.14. The Labute approximate surface area is 166 Å². The number of carbonyl (C=O) groups excluding carboxylic acids is 1. The van der Waals surface area contributed by atoms with Crippen LogP contribution in [0, 0.1) is 6.92 Å². The molecule has 1 amide bonds. The number of amides is 1. The summed E-state index contributed by atoms with van der Waals surface area (Å²) >= 11 is 6.35. The van der Waals surface area contributed by atoms with E-state index in [1.807, 2.05) is 43.3 Å². The summed E-state index contributed by atoms with van der Waals surface area (Å²) in [5.41, 5.74) is 3.34. The van der Waals surface area contributed by atoms with E-state index < -0.39 is 5.91 Å². The zero-order valence-corrected chi connectivity index (χ0v) is 15.8. The van der Waals surface area contributed by atoms with Gasteiger partial charge >= 0.3 is 0 Å². The first-order chi connectivity index (χ1) is 13.6. The number of aryl methyl sites for hydroxylation is 1. The number of rotatable bonds is 5. The molecule has 2 heterocycles. The van der Waals surface area contributed by atoms with Crippen molar-refractivity contribution in [1.82, 2.24) is 19.6 Å². The molecule has 28 heavy (non-hydrogen) atoms. The molecule has 4 rings (SSSR count). The SMILES string of the molecule is Cc1ccnc2nc(C(=O)Nc3ccc(NCc4ccccc4)c(Cl)c3)nn12. The Morgan fingerprint density at radius 1 is 1.14 bits per heavy atom. The number of nitrogens with zero attached hydrogens (tertiary/aromatic N) is 4. The second-order valence-corrected chi connectivity index (χ2v) is 6.63. The molecule has 8 heteroatoms. The van der Waals surface area contributed by atoms with Gasteiger partial charge in [-0.25, -0.2) is 9.50 Å². The second-order valence-electron chi connectivity index (χ2n) is 6.22. The van der Waals surface area contributed by atoms with Crippen molar-refractivity contribution < 1.29 is 4.79 Å². The summed E-state index contributed by atoms with van der Waals surface area (Å²) in [5.74, 6) is -0.00111. The van der Waals surface area contributed by atoms with Gasteiger partial charge in [-0.15, -0.1) is 5.10 Å². The minimum atomic E-state index is -0.425. The summed E-state index contributed by atoms with van der Waals surface area (Å²) in [6.07, 6.45) is 1.63. The lowest BCUT2D eigenvalue weighted by atomic mass is 10.2. The third-order valence-corrected chi connectivity index (χ3v) is 4.50. The topological polar surface area (TPSA) is 84.2 Å². The van der Waals surface area contributed by atoms with Crippen LogP contribution < -0.4 is 10.6 Å². The van der Waals surface area contributed by atoms with Crippen LogP contribution >= 0.6 is 11.6 Å². The highest BCUT2D eigenvalue weighted by atomic mass is 35.5. The number of nitrogens with one attached hydrogen (secondary N) is 2. The molecule has 0 saturated heterocycles. The van der Waals surface area contributed by atoms with Gasteiger partial charge in [-0.05, 0) is 36.8 Å². The van der Waals surface area contributed by atoms with Crippen molar-refractivity contribution in [3.8, 4) is 0 Å². The number of halogens is 1. The maximum Gasteiger partial charge on any atom is 0.295 e. The fourth-order valence-electron chi connectivity index (χ4n) is 2.72. The number of aromatic nitrogens is 4. The smallest absolute Gasteiger partial charge is 0.295 e. The third kappa shape index (κ3) is 3.79. The van der Waals surface area contributed by atoms with E-state index in [0.29, 0.717) is 23.0 Å². The highest BCUT2D eigenvalue weighted by Crippen LogP contribution is 2.26. The molecule has 7 nitrogen and oxygen atoms in total. The average molecular weight is 393 g/mol. The number of benzene rings is 2. The van der Waals surface area contributed by atoms with E-state index in [-0.39, 0.29) is 5.82 Å². The quantitative estimate of drug-likeness (QED) is 0.537. The zero-order valence-electron chi connectivity index (χ0n) is 15.1. The molecule has 4 aromatic rings. The highest BCUT2D eigenvalue weighted by molar-refractivity contribution is 6.33. The lowest BCUT2D eigenvalue weighted by molar-refractivity contribution is 0.101. The van der Waals surface area contributed by atoms with Crippen molar-refractivity contribution in [3.63, 3.8) is 0 Å². The molecule has 2 aromatic carbocycles. The summed E-state index contributed by atoms with van der Waals surface area (Å²) in [5, 5.41) is 10.8. The Hall–Kier alpha value is -3.45. The molecule has 0 fully saturated rings. The van der Waals surface area contributed by atoms with Crippen LogP contribution in [-0.2, 0) is 6.54 Å². The number of hydrogen-bond donors (Lipinski definition) is 2. The Morgan fingerprint density at radius 3 is 2.71 bits per heavy atom. The number of hydrogen-bond acceptors (Lipinski definition) is 5. The van der Waals surface area contributed by atoms with Crippen LogP contribution in [0.3, 0.4) is 0 Å². The molecule has 0 radical (unpaired) electrons. The van der Waals surface area contributed by atoms with Gasteiger partial charge in [0, 0.05) is 24.1 Å². The van der Waals surface area contributed by atoms with Gasteiger partial charge < -0.3 is 10.6 Å². The Balaban J connectivity index is 1.46. The first-order valence-electron chi connectivity index (χ1n) is 8.67. The van der Waals surface area contributed by atoms with Crippen LogP contribution in [0.15, 0.2) is 60.8 Å². The van der Waals surface area contributed by atoms with E-state index in [1.165, 1.54) is 4.52 Å². The van der Waals surface area contributed by atoms with Gasteiger partial charge in [0.25, 0.3) is 11.7 Å². The molecule has 140 valence electrons. The van der Waals surface area contributed by atoms with E-state index in [1.54, 1.807) is 24.4 Å². The van der Waals surface area contributed by atoms with E-state index >= 15 is 0 Å². The van der Waals surface area contributed by atoms with Crippen LogP contribution in [0.1, 0.15) is 21.9 Å². The van der Waals surface area contributed by atoms with E-state index in [2.05, 4.69) is 25.7 Å². The molecule has 0 aliphatic heterocycles. The van der Waals surface area contributed by atoms with Gasteiger partial charge in [0.05, 0.1) is 10.7 Å². The van der Waals surface area contributed by atoms with Crippen molar-refractivity contribution >= 4 is 34.7 Å². The summed E-state index contributed by atoms with van der Waals surface area (Å²) in [6.45, 7) is 2.52. The summed E-state index contributed by atoms with van der Waals surface area (Å²) < 4.78 is 1.53. The van der Waals surface area contributed by atoms with E-state index in [4.69, 9.17) is 11.6 Å². The fraction of sp³-hybridized carbons (Fsp3) is 0.100.